The zero-order valence-corrected chi connectivity index (χ0v) is 10.0. The Kier molecular flexibility index (Phi) is 4.32. The second-order valence-corrected chi connectivity index (χ2v) is 3.80. The number of hydrogen-bond acceptors (Lipinski definition) is 2. The van der Waals surface area contributed by atoms with Crippen molar-refractivity contribution in [3.05, 3.63) is 53.1 Å². The van der Waals surface area contributed by atoms with Gasteiger partial charge in [0.1, 0.15) is 0 Å². The molecule has 0 aromatic heterocycles. The molecule has 0 aliphatic rings. The normalized spacial score (nSPS) is 11.1. The lowest BCUT2D eigenvalue weighted by molar-refractivity contribution is -0.133. The molecule has 0 amide bonds. The summed E-state index contributed by atoms with van der Waals surface area (Å²) in [4.78, 5) is 11.6. The highest BCUT2D eigenvalue weighted by Crippen LogP contribution is 2.22. The molecule has 0 aliphatic heterocycles. The van der Waals surface area contributed by atoms with Crippen LogP contribution in [-0.2, 0) is 9.53 Å². The number of methoxy groups -OCH3 is 1. The topological polar surface area (TPSA) is 26.3 Å². The maximum absolute atomic E-state index is 11.6. The summed E-state index contributed by atoms with van der Waals surface area (Å²) in [5.74, 6) is -0.420. The van der Waals surface area contributed by atoms with Gasteiger partial charge in [-0.1, -0.05) is 42.4 Å². The number of carbonyl (C=O) groups excluding carboxylic acids is 1. The van der Waals surface area contributed by atoms with Crippen LogP contribution in [0.3, 0.4) is 0 Å². The van der Waals surface area contributed by atoms with Crippen LogP contribution in [0.5, 0.6) is 0 Å². The van der Waals surface area contributed by atoms with Crippen molar-refractivity contribution in [3.8, 4) is 0 Å². The molecule has 1 aromatic carbocycles. The molecular weight excluding hydrogens is 224 g/mol. The average molecular weight is 237 g/mol. The van der Waals surface area contributed by atoms with Crippen LogP contribution < -0.4 is 0 Å². The van der Waals surface area contributed by atoms with Crippen molar-refractivity contribution in [2.75, 3.05) is 7.11 Å². The van der Waals surface area contributed by atoms with Crippen LogP contribution in [0.2, 0.25) is 0 Å². The first kappa shape index (κ1) is 12.5. The van der Waals surface area contributed by atoms with Crippen molar-refractivity contribution in [2.45, 2.75) is 6.92 Å². The van der Waals surface area contributed by atoms with Crippen LogP contribution in [0.4, 0.5) is 0 Å². The summed E-state index contributed by atoms with van der Waals surface area (Å²) in [6.45, 7) is 5.47. The molecule has 0 unspecified atom stereocenters. The fourth-order valence-corrected chi connectivity index (χ4v) is 1.50. The summed E-state index contributed by atoms with van der Waals surface area (Å²) in [7, 11) is 1.34. The van der Waals surface area contributed by atoms with Crippen molar-refractivity contribution in [1.82, 2.24) is 0 Å². The highest BCUT2D eigenvalue weighted by Gasteiger charge is 2.14. The predicted octanol–water partition coefficient (Wildman–Crippen LogP) is 3.30. The molecule has 0 fully saturated rings. The smallest absolute Gasteiger partial charge is 0.338 e. The van der Waals surface area contributed by atoms with Gasteiger partial charge in [-0.15, -0.1) is 0 Å². The molecule has 0 atom stereocenters. The molecule has 2 nitrogen and oxygen atoms in total. The lowest BCUT2D eigenvalue weighted by Gasteiger charge is -2.08. The maximum atomic E-state index is 11.6. The molecule has 1 rings (SSSR count). The van der Waals surface area contributed by atoms with E-state index in [1.807, 2.05) is 31.2 Å². The summed E-state index contributed by atoms with van der Waals surface area (Å²) < 4.78 is 4.72. The molecule has 0 spiro atoms. The molecule has 0 saturated carbocycles. The number of hydrogen-bond donors (Lipinski definition) is 0. The molecule has 1 aromatic rings. The van der Waals surface area contributed by atoms with E-state index in [2.05, 4.69) is 6.58 Å². The van der Waals surface area contributed by atoms with E-state index in [1.54, 1.807) is 0 Å². The van der Waals surface area contributed by atoms with Crippen LogP contribution in [0.15, 0.2) is 42.0 Å². The predicted molar refractivity (Wildman–Crippen MR) is 66.2 cm³/mol. The van der Waals surface area contributed by atoms with Crippen LogP contribution in [0.25, 0.3) is 5.57 Å². The fraction of sp³-hybridized carbons (Fsp3) is 0.154. The summed E-state index contributed by atoms with van der Waals surface area (Å²) in [5.41, 5.74) is 2.20. The minimum atomic E-state index is -0.420. The highest BCUT2D eigenvalue weighted by molar-refractivity contribution is 6.33. The van der Waals surface area contributed by atoms with Crippen molar-refractivity contribution < 1.29 is 9.53 Å². The van der Waals surface area contributed by atoms with Gasteiger partial charge in [-0.3, -0.25) is 0 Å². The SMILES string of the molecule is C=C(Cl)/C=C(/C(=O)OC)c1ccccc1C. The average Bonchev–Trinajstić information content (AvgIpc) is 2.26. The lowest BCUT2D eigenvalue weighted by atomic mass is 10.0. The molecule has 0 bridgehead atoms. The molecule has 84 valence electrons. The minimum absolute atomic E-state index is 0.295. The van der Waals surface area contributed by atoms with Gasteiger partial charge < -0.3 is 4.74 Å². The Labute approximate surface area is 100 Å². The van der Waals surface area contributed by atoms with E-state index in [1.165, 1.54) is 13.2 Å². The van der Waals surface area contributed by atoms with Crippen molar-refractivity contribution in [2.24, 2.45) is 0 Å². The van der Waals surface area contributed by atoms with Crippen molar-refractivity contribution >= 4 is 23.1 Å². The Bertz CT molecular complexity index is 447. The largest absolute Gasteiger partial charge is 0.465 e. The fourth-order valence-electron chi connectivity index (χ4n) is 1.39. The Morgan fingerprint density at radius 3 is 2.56 bits per heavy atom. The van der Waals surface area contributed by atoms with Gasteiger partial charge in [0.15, 0.2) is 0 Å². The van der Waals surface area contributed by atoms with Gasteiger partial charge in [-0.25, -0.2) is 4.79 Å². The third kappa shape index (κ3) is 2.97. The van der Waals surface area contributed by atoms with Crippen molar-refractivity contribution in [3.63, 3.8) is 0 Å². The third-order valence-electron chi connectivity index (χ3n) is 2.14. The minimum Gasteiger partial charge on any atom is -0.465 e. The number of benzene rings is 1. The van der Waals surface area contributed by atoms with Crippen LogP contribution in [-0.4, -0.2) is 13.1 Å². The van der Waals surface area contributed by atoms with Crippen molar-refractivity contribution in [1.29, 1.82) is 0 Å². The van der Waals surface area contributed by atoms with Crippen LogP contribution in [0, 0.1) is 6.92 Å². The quantitative estimate of drug-likeness (QED) is 0.457. The van der Waals surface area contributed by atoms with E-state index in [0.717, 1.165) is 11.1 Å². The number of ether oxygens (including phenoxy) is 1. The van der Waals surface area contributed by atoms with Gasteiger partial charge in [0, 0.05) is 5.03 Å². The van der Waals surface area contributed by atoms with Gasteiger partial charge in [0.25, 0.3) is 0 Å². The summed E-state index contributed by atoms with van der Waals surface area (Å²) in [5, 5.41) is 0.295. The van der Waals surface area contributed by atoms with Gasteiger partial charge in [0.05, 0.1) is 12.7 Å². The molecule has 0 saturated heterocycles. The van der Waals surface area contributed by atoms with Gasteiger partial charge in [-0.05, 0) is 24.1 Å². The Hall–Kier alpha value is -1.54. The Balaban J connectivity index is 3.28. The molecule has 0 radical (unpaired) electrons. The van der Waals surface area contributed by atoms with Crippen LogP contribution in [0.1, 0.15) is 11.1 Å². The Morgan fingerprint density at radius 1 is 1.44 bits per heavy atom. The van der Waals surface area contributed by atoms with Gasteiger partial charge in [-0.2, -0.15) is 0 Å². The van der Waals surface area contributed by atoms with E-state index in [4.69, 9.17) is 16.3 Å². The van der Waals surface area contributed by atoms with E-state index in [9.17, 15) is 4.79 Å². The van der Waals surface area contributed by atoms with E-state index < -0.39 is 5.97 Å². The van der Waals surface area contributed by atoms with E-state index >= 15 is 0 Å². The lowest BCUT2D eigenvalue weighted by Crippen LogP contribution is -2.05. The first-order valence-electron chi connectivity index (χ1n) is 4.76. The maximum Gasteiger partial charge on any atom is 0.338 e. The first-order chi connectivity index (χ1) is 7.56. The van der Waals surface area contributed by atoms with Gasteiger partial charge >= 0.3 is 5.97 Å². The Morgan fingerprint density at radius 2 is 2.06 bits per heavy atom. The summed E-state index contributed by atoms with van der Waals surface area (Å²) >= 11 is 5.70. The summed E-state index contributed by atoms with van der Waals surface area (Å²) in [6.07, 6.45) is 1.51. The van der Waals surface area contributed by atoms with E-state index in [0.29, 0.717) is 10.6 Å². The molecule has 0 N–H and O–H groups in total. The zero-order valence-electron chi connectivity index (χ0n) is 9.29. The van der Waals surface area contributed by atoms with E-state index in [-0.39, 0.29) is 0 Å². The first-order valence-corrected chi connectivity index (χ1v) is 5.14. The molecule has 0 aliphatic carbocycles. The molecular formula is C13H13ClO2. The number of esters is 1. The number of aryl methyl sites for hydroxylation is 1. The monoisotopic (exact) mass is 236 g/mol. The van der Waals surface area contributed by atoms with Crippen LogP contribution >= 0.6 is 11.6 Å². The van der Waals surface area contributed by atoms with Gasteiger partial charge in [0.2, 0.25) is 0 Å². The number of allylic oxidation sites excluding steroid dienone is 2. The highest BCUT2D eigenvalue weighted by atomic mass is 35.5. The summed E-state index contributed by atoms with van der Waals surface area (Å²) in [6, 6.07) is 7.53. The number of carbonyl (C=O) groups is 1. The standard InChI is InChI=1S/C13H13ClO2/c1-9-6-4-5-7-11(9)12(8-10(2)14)13(15)16-3/h4-8H,2H2,1,3H3/b12-8+. The second-order valence-electron chi connectivity index (χ2n) is 3.31. The number of halogens is 1. The second kappa shape index (κ2) is 5.52. The molecule has 3 heteroatoms. The third-order valence-corrected chi connectivity index (χ3v) is 2.25. The zero-order chi connectivity index (χ0) is 12.1. The molecule has 16 heavy (non-hydrogen) atoms. The molecule has 0 heterocycles. The number of rotatable bonds is 3.